The Hall–Kier alpha value is -3.48. The molecule has 0 radical (unpaired) electrons. The highest BCUT2D eigenvalue weighted by Gasteiger charge is 2.36. The van der Waals surface area contributed by atoms with E-state index in [0.29, 0.717) is 10.6 Å². The number of aliphatic hydroxyl groups excluding tert-OH is 2. The molecule has 220 valence electrons. The Bertz CT molecular complexity index is 1180. The second kappa shape index (κ2) is 13.7. The van der Waals surface area contributed by atoms with Gasteiger partial charge < -0.3 is 29.7 Å². The molecule has 13 heteroatoms. The van der Waals surface area contributed by atoms with Crippen molar-refractivity contribution in [2.75, 3.05) is 31.0 Å². The van der Waals surface area contributed by atoms with Crippen LogP contribution in [0.15, 0.2) is 29.3 Å². The Labute approximate surface area is 239 Å². The minimum Gasteiger partial charge on any atom is -0.497 e. The number of carbonyl (C=O) groups excluding carboxylic acids is 2. The smallest absolute Gasteiger partial charge is 0.427 e. The zero-order valence-electron chi connectivity index (χ0n) is 24.1. The normalized spacial score (nSPS) is 12.9. The Morgan fingerprint density at radius 3 is 2.05 bits per heavy atom. The third-order valence-corrected chi connectivity index (χ3v) is 5.30. The van der Waals surface area contributed by atoms with E-state index in [0.717, 1.165) is 5.56 Å². The van der Waals surface area contributed by atoms with E-state index in [-0.39, 0.29) is 35.2 Å². The lowest BCUT2D eigenvalue weighted by Gasteiger charge is -2.28. The summed E-state index contributed by atoms with van der Waals surface area (Å²) in [6.45, 7) is 9.62. The van der Waals surface area contributed by atoms with Crippen LogP contribution in [0.25, 0.3) is 0 Å². The van der Waals surface area contributed by atoms with Gasteiger partial charge in [0, 0.05) is 20.0 Å². The van der Waals surface area contributed by atoms with Gasteiger partial charge in [-0.1, -0.05) is 23.7 Å². The topological polar surface area (TPSA) is 156 Å². The van der Waals surface area contributed by atoms with Gasteiger partial charge in [0.25, 0.3) is 0 Å². The van der Waals surface area contributed by atoms with Crippen molar-refractivity contribution in [3.05, 3.63) is 40.5 Å². The Morgan fingerprint density at radius 2 is 1.60 bits per heavy atom. The summed E-state index contributed by atoms with van der Waals surface area (Å²) in [5.41, 5.74) is -0.527. The second-order valence-electron chi connectivity index (χ2n) is 10.7. The summed E-state index contributed by atoms with van der Waals surface area (Å²) < 4.78 is 16.1. The maximum absolute atomic E-state index is 13.2. The monoisotopic (exact) mass is 579 g/mol. The number of imide groups is 1. The number of nitrogens with one attached hydrogen (secondary N) is 1. The molecule has 1 atom stereocenters. The average molecular weight is 580 g/mol. The van der Waals surface area contributed by atoms with E-state index in [2.05, 4.69) is 20.3 Å². The largest absolute Gasteiger partial charge is 0.497 e. The molecule has 0 aliphatic rings. The molecule has 40 heavy (non-hydrogen) atoms. The number of benzene rings is 1. The predicted molar refractivity (Wildman–Crippen MR) is 152 cm³/mol. The first-order chi connectivity index (χ1) is 18.6. The van der Waals surface area contributed by atoms with E-state index < -0.39 is 42.0 Å². The number of rotatable bonds is 9. The number of hydrogen-bond donors (Lipinski definition) is 3. The SMILES string of the molecule is CN=C(CC(O)CO)c1c(Cl)nc(N(C(=O)OC(C)(C)C)C(=O)OC(C)(C)C)nc1NCc1ccc(OC)cc1. The number of aliphatic imine (C=N–C) groups is 1. The fourth-order valence-corrected chi connectivity index (χ4v) is 3.56. The molecule has 0 saturated heterocycles. The zero-order chi connectivity index (χ0) is 30.3. The molecule has 3 N–H and O–H groups in total. The summed E-state index contributed by atoms with van der Waals surface area (Å²) in [5.74, 6) is 0.405. The number of nitrogens with zero attached hydrogens (tertiary/aromatic N) is 4. The number of carbonyl (C=O) groups is 2. The van der Waals surface area contributed by atoms with Crippen molar-refractivity contribution in [1.82, 2.24) is 9.97 Å². The molecular formula is C27H38ClN5O7. The summed E-state index contributed by atoms with van der Waals surface area (Å²) in [6.07, 6.45) is -3.31. The Morgan fingerprint density at radius 1 is 1.05 bits per heavy atom. The van der Waals surface area contributed by atoms with Gasteiger partial charge in [0.2, 0.25) is 5.95 Å². The summed E-state index contributed by atoms with van der Waals surface area (Å²) in [4.78, 5) is 39.8. The lowest BCUT2D eigenvalue weighted by Crippen LogP contribution is -2.44. The van der Waals surface area contributed by atoms with Gasteiger partial charge in [-0.15, -0.1) is 4.90 Å². The van der Waals surface area contributed by atoms with Crippen LogP contribution in [0.5, 0.6) is 5.75 Å². The highest BCUT2D eigenvalue weighted by Crippen LogP contribution is 2.29. The molecule has 0 fully saturated rings. The van der Waals surface area contributed by atoms with Crippen molar-refractivity contribution < 1.29 is 34.0 Å². The molecule has 0 saturated carbocycles. The summed E-state index contributed by atoms with van der Waals surface area (Å²) in [5, 5.41) is 22.5. The van der Waals surface area contributed by atoms with E-state index >= 15 is 0 Å². The van der Waals surface area contributed by atoms with Crippen LogP contribution in [0.3, 0.4) is 0 Å². The molecule has 1 unspecified atom stereocenters. The van der Waals surface area contributed by atoms with E-state index in [1.807, 2.05) is 12.1 Å². The van der Waals surface area contributed by atoms with Gasteiger partial charge in [-0.05, 0) is 59.2 Å². The highest BCUT2D eigenvalue weighted by molar-refractivity contribution is 6.34. The number of methoxy groups -OCH3 is 1. The maximum Gasteiger partial charge on any atom is 0.427 e. The van der Waals surface area contributed by atoms with Gasteiger partial charge in [-0.2, -0.15) is 9.97 Å². The van der Waals surface area contributed by atoms with Crippen LogP contribution in [0.1, 0.15) is 59.1 Å². The van der Waals surface area contributed by atoms with Crippen molar-refractivity contribution in [3.63, 3.8) is 0 Å². The van der Waals surface area contributed by atoms with Crippen molar-refractivity contribution in [1.29, 1.82) is 0 Å². The molecule has 2 amide bonds. The van der Waals surface area contributed by atoms with Crippen LogP contribution < -0.4 is 15.0 Å². The molecule has 12 nitrogen and oxygen atoms in total. The molecule has 1 heterocycles. The molecule has 2 rings (SSSR count). The van der Waals surface area contributed by atoms with E-state index in [4.69, 9.17) is 25.8 Å². The number of hydrogen-bond acceptors (Lipinski definition) is 11. The third kappa shape index (κ3) is 9.61. The fourth-order valence-electron chi connectivity index (χ4n) is 3.28. The average Bonchev–Trinajstić information content (AvgIpc) is 2.84. The quantitative estimate of drug-likeness (QED) is 0.283. The summed E-state index contributed by atoms with van der Waals surface area (Å²) in [6, 6.07) is 7.26. The van der Waals surface area contributed by atoms with Crippen molar-refractivity contribution >= 4 is 41.3 Å². The summed E-state index contributed by atoms with van der Waals surface area (Å²) >= 11 is 6.61. The second-order valence-corrected chi connectivity index (χ2v) is 11.1. The van der Waals surface area contributed by atoms with Gasteiger partial charge in [0.05, 0.1) is 31.1 Å². The molecule has 0 aliphatic carbocycles. The first-order valence-corrected chi connectivity index (χ1v) is 12.9. The van der Waals surface area contributed by atoms with E-state index in [9.17, 15) is 19.8 Å². The minimum atomic E-state index is -1.12. The first-order valence-electron chi connectivity index (χ1n) is 12.5. The van der Waals surface area contributed by atoms with Crippen LogP contribution in [0, 0.1) is 0 Å². The fraction of sp³-hybridized carbons (Fsp3) is 0.519. The van der Waals surface area contributed by atoms with Crippen LogP contribution >= 0.6 is 11.6 Å². The molecule has 1 aromatic carbocycles. The molecular weight excluding hydrogens is 542 g/mol. The van der Waals surface area contributed by atoms with Gasteiger partial charge in [-0.25, -0.2) is 9.59 Å². The highest BCUT2D eigenvalue weighted by atomic mass is 35.5. The zero-order valence-corrected chi connectivity index (χ0v) is 24.9. The first kappa shape index (κ1) is 32.7. The van der Waals surface area contributed by atoms with Gasteiger partial charge >= 0.3 is 12.2 Å². The molecule has 1 aromatic heterocycles. The summed E-state index contributed by atoms with van der Waals surface area (Å²) in [7, 11) is 3.06. The van der Waals surface area contributed by atoms with Crippen LogP contribution in [-0.2, 0) is 16.0 Å². The number of aliphatic hydroxyl groups is 2. The minimum absolute atomic E-state index is 0.0610. The molecule has 0 spiro atoms. The van der Waals surface area contributed by atoms with Gasteiger partial charge in [0.1, 0.15) is 27.9 Å². The number of ether oxygens (including phenoxy) is 3. The lowest BCUT2D eigenvalue weighted by molar-refractivity contribution is 0.0427. The molecule has 2 aromatic rings. The van der Waals surface area contributed by atoms with E-state index in [1.54, 1.807) is 60.8 Å². The van der Waals surface area contributed by atoms with Crippen molar-refractivity contribution in [2.24, 2.45) is 4.99 Å². The number of aromatic nitrogens is 2. The molecule has 0 bridgehead atoms. The number of amides is 2. The maximum atomic E-state index is 13.2. The Kier molecular flexibility index (Phi) is 11.2. The van der Waals surface area contributed by atoms with Gasteiger partial charge in [0.15, 0.2) is 0 Å². The standard InChI is InChI=1S/C27H38ClN5O7/c1-26(2,3)39-24(36)33(25(37)40-27(4,5)6)23-31-21(28)20(19(29-7)13-17(35)15-34)22(32-23)30-14-16-9-11-18(38-8)12-10-16/h9-12,17,34-35H,13-15H2,1-8H3,(H,30,31,32). The van der Waals surface area contributed by atoms with Crippen molar-refractivity contribution in [3.8, 4) is 5.75 Å². The molecule has 0 aliphatic heterocycles. The van der Waals surface area contributed by atoms with E-state index in [1.165, 1.54) is 7.05 Å². The lowest BCUT2D eigenvalue weighted by atomic mass is 10.1. The Balaban J connectivity index is 2.66. The predicted octanol–water partition coefficient (Wildman–Crippen LogP) is 4.59. The van der Waals surface area contributed by atoms with Crippen LogP contribution in [0.4, 0.5) is 21.4 Å². The number of halogens is 1. The van der Waals surface area contributed by atoms with Crippen LogP contribution in [0.2, 0.25) is 5.15 Å². The number of anilines is 2. The third-order valence-electron chi connectivity index (χ3n) is 5.02. The van der Waals surface area contributed by atoms with Gasteiger partial charge in [-0.3, -0.25) is 4.99 Å². The van der Waals surface area contributed by atoms with Crippen molar-refractivity contribution in [2.45, 2.75) is 71.8 Å². The van der Waals surface area contributed by atoms with Crippen LogP contribution in [-0.4, -0.2) is 76.1 Å².